The summed E-state index contributed by atoms with van der Waals surface area (Å²) in [5.41, 5.74) is 1.98. The monoisotopic (exact) mass is 286 g/mol. The van der Waals surface area contributed by atoms with Gasteiger partial charge in [0.05, 0.1) is 18.9 Å². The second-order valence-corrected chi connectivity index (χ2v) is 5.62. The van der Waals surface area contributed by atoms with E-state index in [4.69, 9.17) is 14.5 Å². The number of rotatable bonds is 4. The highest BCUT2D eigenvalue weighted by atomic mass is 16.5. The van der Waals surface area contributed by atoms with Crippen molar-refractivity contribution < 1.29 is 9.47 Å². The SMILES string of the molecule is COc1cccc2ccc(CNC3CCOC(C)C3)nc12. The zero-order valence-corrected chi connectivity index (χ0v) is 12.6. The Morgan fingerprint density at radius 2 is 2.24 bits per heavy atom. The largest absolute Gasteiger partial charge is 0.494 e. The van der Waals surface area contributed by atoms with Crippen molar-refractivity contribution in [1.82, 2.24) is 10.3 Å². The molecule has 0 spiro atoms. The van der Waals surface area contributed by atoms with Crippen LogP contribution in [-0.4, -0.2) is 30.8 Å². The summed E-state index contributed by atoms with van der Waals surface area (Å²) in [6.45, 7) is 3.76. The topological polar surface area (TPSA) is 43.4 Å². The van der Waals surface area contributed by atoms with Crippen LogP contribution >= 0.6 is 0 Å². The van der Waals surface area contributed by atoms with E-state index in [2.05, 4.69) is 30.4 Å². The molecule has 2 aromatic rings. The molecule has 1 aromatic carbocycles. The van der Waals surface area contributed by atoms with Gasteiger partial charge in [-0.05, 0) is 31.9 Å². The van der Waals surface area contributed by atoms with Crippen molar-refractivity contribution in [3.05, 3.63) is 36.0 Å². The molecule has 1 aromatic heterocycles. The van der Waals surface area contributed by atoms with Crippen LogP contribution in [0, 0.1) is 0 Å². The van der Waals surface area contributed by atoms with Crippen LogP contribution in [0.4, 0.5) is 0 Å². The third-order valence-corrected chi connectivity index (χ3v) is 4.02. The molecule has 1 N–H and O–H groups in total. The van der Waals surface area contributed by atoms with E-state index in [0.717, 1.165) is 48.3 Å². The molecule has 1 fully saturated rings. The molecule has 2 unspecified atom stereocenters. The first kappa shape index (κ1) is 14.3. The summed E-state index contributed by atoms with van der Waals surface area (Å²) in [5.74, 6) is 0.828. The van der Waals surface area contributed by atoms with Gasteiger partial charge >= 0.3 is 0 Å². The van der Waals surface area contributed by atoms with Crippen LogP contribution in [-0.2, 0) is 11.3 Å². The fourth-order valence-corrected chi connectivity index (χ4v) is 2.86. The molecule has 3 rings (SSSR count). The molecule has 0 saturated carbocycles. The van der Waals surface area contributed by atoms with Crippen molar-refractivity contribution in [2.75, 3.05) is 13.7 Å². The van der Waals surface area contributed by atoms with Gasteiger partial charge in [0, 0.05) is 24.6 Å². The Morgan fingerprint density at radius 1 is 1.33 bits per heavy atom. The molecule has 2 heterocycles. The minimum absolute atomic E-state index is 0.348. The second kappa shape index (κ2) is 6.41. The summed E-state index contributed by atoms with van der Waals surface area (Å²) in [6, 6.07) is 10.7. The average molecular weight is 286 g/mol. The summed E-state index contributed by atoms with van der Waals surface area (Å²) < 4.78 is 11.0. The van der Waals surface area contributed by atoms with Crippen molar-refractivity contribution in [2.45, 2.75) is 38.5 Å². The molecule has 4 heteroatoms. The number of aromatic nitrogens is 1. The van der Waals surface area contributed by atoms with E-state index in [1.165, 1.54) is 0 Å². The number of nitrogens with one attached hydrogen (secondary N) is 1. The van der Waals surface area contributed by atoms with Gasteiger partial charge < -0.3 is 14.8 Å². The Kier molecular flexibility index (Phi) is 4.36. The van der Waals surface area contributed by atoms with Gasteiger partial charge in [0.2, 0.25) is 0 Å². The number of ether oxygens (including phenoxy) is 2. The van der Waals surface area contributed by atoms with E-state index in [0.29, 0.717) is 12.1 Å². The quantitative estimate of drug-likeness (QED) is 0.938. The smallest absolute Gasteiger partial charge is 0.145 e. The molecular formula is C17H22N2O2. The lowest BCUT2D eigenvalue weighted by Gasteiger charge is -2.28. The number of para-hydroxylation sites is 1. The van der Waals surface area contributed by atoms with E-state index >= 15 is 0 Å². The summed E-state index contributed by atoms with van der Waals surface area (Å²) in [4.78, 5) is 4.73. The number of benzene rings is 1. The van der Waals surface area contributed by atoms with Crippen LogP contribution in [0.2, 0.25) is 0 Å². The lowest BCUT2D eigenvalue weighted by Crippen LogP contribution is -2.37. The number of pyridine rings is 1. The van der Waals surface area contributed by atoms with Crippen LogP contribution in [0.25, 0.3) is 10.9 Å². The van der Waals surface area contributed by atoms with Crippen LogP contribution in [0.15, 0.2) is 30.3 Å². The molecule has 0 amide bonds. The standard InChI is InChI=1S/C17H22N2O2/c1-12-10-14(8-9-21-12)18-11-15-7-6-13-4-3-5-16(20-2)17(13)19-15/h3-7,12,14,18H,8-11H2,1-2H3. The molecule has 112 valence electrons. The zero-order chi connectivity index (χ0) is 14.7. The number of methoxy groups -OCH3 is 1. The highest BCUT2D eigenvalue weighted by Gasteiger charge is 2.18. The number of hydrogen-bond donors (Lipinski definition) is 1. The number of hydrogen-bond acceptors (Lipinski definition) is 4. The van der Waals surface area contributed by atoms with Gasteiger partial charge in [-0.1, -0.05) is 18.2 Å². The average Bonchev–Trinajstić information content (AvgIpc) is 2.52. The highest BCUT2D eigenvalue weighted by Crippen LogP contribution is 2.23. The minimum atomic E-state index is 0.348. The minimum Gasteiger partial charge on any atom is -0.494 e. The van der Waals surface area contributed by atoms with Gasteiger partial charge in [0.25, 0.3) is 0 Å². The lowest BCUT2D eigenvalue weighted by atomic mass is 10.0. The molecule has 0 bridgehead atoms. The van der Waals surface area contributed by atoms with Crippen molar-refractivity contribution in [3.8, 4) is 5.75 Å². The maximum Gasteiger partial charge on any atom is 0.145 e. The Labute approximate surface area is 125 Å². The third kappa shape index (κ3) is 3.34. The second-order valence-electron chi connectivity index (χ2n) is 5.62. The lowest BCUT2D eigenvalue weighted by molar-refractivity contribution is 0.0130. The molecule has 1 aliphatic rings. The predicted molar refractivity (Wildman–Crippen MR) is 83.6 cm³/mol. The van der Waals surface area contributed by atoms with Gasteiger partial charge in [-0.15, -0.1) is 0 Å². The van der Waals surface area contributed by atoms with Gasteiger partial charge in [0.15, 0.2) is 0 Å². The van der Waals surface area contributed by atoms with Crippen LogP contribution in [0.3, 0.4) is 0 Å². The van der Waals surface area contributed by atoms with E-state index in [-0.39, 0.29) is 0 Å². The van der Waals surface area contributed by atoms with Crippen LogP contribution in [0.1, 0.15) is 25.5 Å². The van der Waals surface area contributed by atoms with Crippen LogP contribution in [0.5, 0.6) is 5.75 Å². The maximum absolute atomic E-state index is 5.58. The number of nitrogens with zero attached hydrogens (tertiary/aromatic N) is 1. The van der Waals surface area contributed by atoms with E-state index in [1.54, 1.807) is 7.11 Å². The first-order valence-electron chi connectivity index (χ1n) is 7.54. The molecule has 1 aliphatic heterocycles. The highest BCUT2D eigenvalue weighted by molar-refractivity contribution is 5.84. The Balaban J connectivity index is 1.72. The molecule has 2 atom stereocenters. The fraction of sp³-hybridized carbons (Fsp3) is 0.471. The van der Waals surface area contributed by atoms with Crippen molar-refractivity contribution in [3.63, 3.8) is 0 Å². The number of fused-ring (bicyclic) bond motifs is 1. The van der Waals surface area contributed by atoms with Gasteiger partial charge in [-0.3, -0.25) is 0 Å². The van der Waals surface area contributed by atoms with Crippen molar-refractivity contribution >= 4 is 10.9 Å². The third-order valence-electron chi connectivity index (χ3n) is 4.02. The van der Waals surface area contributed by atoms with Gasteiger partial charge in [0.1, 0.15) is 11.3 Å². The molecule has 0 aliphatic carbocycles. The first-order valence-corrected chi connectivity index (χ1v) is 7.54. The van der Waals surface area contributed by atoms with Crippen LogP contribution < -0.4 is 10.1 Å². The Hall–Kier alpha value is -1.65. The normalized spacial score (nSPS) is 22.4. The van der Waals surface area contributed by atoms with Crippen molar-refractivity contribution in [1.29, 1.82) is 0 Å². The zero-order valence-electron chi connectivity index (χ0n) is 12.6. The Morgan fingerprint density at radius 3 is 3.05 bits per heavy atom. The fourth-order valence-electron chi connectivity index (χ4n) is 2.86. The summed E-state index contributed by atoms with van der Waals surface area (Å²) in [5, 5.41) is 4.70. The summed E-state index contributed by atoms with van der Waals surface area (Å²) in [6.07, 6.45) is 2.49. The van der Waals surface area contributed by atoms with Crippen molar-refractivity contribution in [2.24, 2.45) is 0 Å². The maximum atomic E-state index is 5.58. The Bertz CT molecular complexity index is 615. The predicted octanol–water partition coefficient (Wildman–Crippen LogP) is 2.90. The molecule has 0 radical (unpaired) electrons. The first-order chi connectivity index (χ1) is 10.3. The molecular weight excluding hydrogens is 264 g/mol. The van der Waals surface area contributed by atoms with Gasteiger partial charge in [-0.25, -0.2) is 4.98 Å². The molecule has 21 heavy (non-hydrogen) atoms. The van der Waals surface area contributed by atoms with E-state index in [1.807, 2.05) is 12.1 Å². The van der Waals surface area contributed by atoms with E-state index < -0.39 is 0 Å². The molecule has 1 saturated heterocycles. The summed E-state index contributed by atoms with van der Waals surface area (Å²) >= 11 is 0. The van der Waals surface area contributed by atoms with Gasteiger partial charge in [-0.2, -0.15) is 0 Å². The molecule has 4 nitrogen and oxygen atoms in total. The van der Waals surface area contributed by atoms with E-state index in [9.17, 15) is 0 Å². The summed E-state index contributed by atoms with van der Waals surface area (Å²) in [7, 11) is 1.69.